The molecule has 110 valence electrons. The number of aryl methyl sites for hydroxylation is 1. The molecule has 0 N–H and O–H groups in total. The lowest BCUT2D eigenvalue weighted by molar-refractivity contribution is 0.101. The normalized spacial score (nSPS) is 10.2. The lowest BCUT2D eigenvalue weighted by Gasteiger charge is -2.13. The summed E-state index contributed by atoms with van der Waals surface area (Å²) >= 11 is 0. The van der Waals surface area contributed by atoms with Crippen LogP contribution in [0.3, 0.4) is 0 Å². The van der Waals surface area contributed by atoms with Gasteiger partial charge in [0.1, 0.15) is 6.61 Å². The highest BCUT2D eigenvalue weighted by molar-refractivity contribution is 5.95. The van der Waals surface area contributed by atoms with Crippen LogP contribution >= 0.6 is 0 Å². The van der Waals surface area contributed by atoms with Gasteiger partial charge in [0.05, 0.1) is 7.11 Å². The van der Waals surface area contributed by atoms with Gasteiger partial charge in [0.25, 0.3) is 0 Å². The van der Waals surface area contributed by atoms with E-state index in [1.807, 2.05) is 42.5 Å². The van der Waals surface area contributed by atoms with E-state index in [0.29, 0.717) is 17.9 Å². The first-order chi connectivity index (χ1) is 10.2. The molecule has 0 amide bonds. The third-order valence-corrected chi connectivity index (χ3v) is 3.42. The molecule has 21 heavy (non-hydrogen) atoms. The van der Waals surface area contributed by atoms with Crippen LogP contribution in [0.2, 0.25) is 0 Å². The fraction of sp³-hybridized carbons (Fsp3) is 0.278. The van der Waals surface area contributed by atoms with Crippen molar-refractivity contribution in [3.63, 3.8) is 0 Å². The monoisotopic (exact) mass is 284 g/mol. The summed E-state index contributed by atoms with van der Waals surface area (Å²) in [6.07, 6.45) is 0.948. The number of ether oxygens (including phenoxy) is 2. The van der Waals surface area contributed by atoms with Crippen LogP contribution in [0.1, 0.15) is 35.3 Å². The second kappa shape index (κ2) is 6.93. The first kappa shape index (κ1) is 15.1. The van der Waals surface area contributed by atoms with E-state index in [4.69, 9.17) is 9.47 Å². The fourth-order valence-electron chi connectivity index (χ4n) is 2.20. The Morgan fingerprint density at radius 1 is 1.10 bits per heavy atom. The molecule has 2 rings (SSSR count). The van der Waals surface area contributed by atoms with Gasteiger partial charge >= 0.3 is 0 Å². The lowest BCUT2D eigenvalue weighted by Crippen LogP contribution is -2.04. The number of carbonyl (C=O) groups excluding carboxylic acids is 1. The highest BCUT2D eigenvalue weighted by Gasteiger charge is 2.09. The van der Waals surface area contributed by atoms with Crippen molar-refractivity contribution in [3.8, 4) is 11.5 Å². The van der Waals surface area contributed by atoms with Gasteiger partial charge in [-0.25, -0.2) is 0 Å². The van der Waals surface area contributed by atoms with Crippen molar-refractivity contribution < 1.29 is 14.3 Å². The molecule has 0 fully saturated rings. The predicted octanol–water partition coefficient (Wildman–Crippen LogP) is 4.04. The second-order valence-corrected chi connectivity index (χ2v) is 4.84. The van der Waals surface area contributed by atoms with E-state index in [9.17, 15) is 4.79 Å². The van der Waals surface area contributed by atoms with Crippen LogP contribution in [0.4, 0.5) is 0 Å². The molecule has 0 aliphatic rings. The van der Waals surface area contributed by atoms with Gasteiger partial charge in [0.2, 0.25) is 0 Å². The Kier molecular flexibility index (Phi) is 4.99. The lowest BCUT2D eigenvalue weighted by atomic mass is 10.1. The van der Waals surface area contributed by atoms with Crippen LogP contribution in [0.15, 0.2) is 42.5 Å². The summed E-state index contributed by atoms with van der Waals surface area (Å²) < 4.78 is 11.2. The molecular formula is C18H20O3. The highest BCUT2D eigenvalue weighted by atomic mass is 16.5. The number of benzene rings is 2. The third kappa shape index (κ3) is 3.63. The Labute approximate surface area is 125 Å². The predicted molar refractivity (Wildman–Crippen MR) is 83.2 cm³/mol. The zero-order chi connectivity index (χ0) is 15.2. The van der Waals surface area contributed by atoms with Gasteiger partial charge < -0.3 is 9.47 Å². The Morgan fingerprint density at radius 2 is 1.86 bits per heavy atom. The molecular weight excluding hydrogens is 264 g/mol. The van der Waals surface area contributed by atoms with E-state index in [1.54, 1.807) is 14.0 Å². The fourth-order valence-corrected chi connectivity index (χ4v) is 2.20. The first-order valence-corrected chi connectivity index (χ1v) is 7.04. The Balaban J connectivity index is 2.19. The SMILES string of the molecule is CCc1ccc(OCc2ccccc2C(C)=O)c(OC)c1. The Bertz CT molecular complexity index is 632. The van der Waals surface area contributed by atoms with Crippen molar-refractivity contribution in [1.29, 1.82) is 0 Å². The number of carbonyl (C=O) groups is 1. The minimum absolute atomic E-state index is 0.0440. The maximum atomic E-state index is 11.6. The zero-order valence-electron chi connectivity index (χ0n) is 12.7. The highest BCUT2D eigenvalue weighted by Crippen LogP contribution is 2.29. The van der Waals surface area contributed by atoms with Gasteiger partial charge in [-0.05, 0) is 31.0 Å². The van der Waals surface area contributed by atoms with Crippen LogP contribution in [-0.2, 0) is 13.0 Å². The molecule has 0 bridgehead atoms. The quantitative estimate of drug-likeness (QED) is 0.751. The van der Waals surface area contributed by atoms with Crippen LogP contribution < -0.4 is 9.47 Å². The molecule has 0 atom stereocenters. The van der Waals surface area contributed by atoms with Gasteiger partial charge in [-0.15, -0.1) is 0 Å². The minimum Gasteiger partial charge on any atom is -0.493 e. The summed E-state index contributed by atoms with van der Waals surface area (Å²) in [5.41, 5.74) is 2.77. The maximum absolute atomic E-state index is 11.6. The molecule has 0 aliphatic carbocycles. The van der Waals surface area contributed by atoms with Crippen molar-refractivity contribution in [3.05, 3.63) is 59.2 Å². The summed E-state index contributed by atoms with van der Waals surface area (Å²) in [4.78, 5) is 11.6. The van der Waals surface area contributed by atoms with E-state index in [1.165, 1.54) is 5.56 Å². The maximum Gasteiger partial charge on any atom is 0.161 e. The molecule has 3 heteroatoms. The van der Waals surface area contributed by atoms with E-state index in [0.717, 1.165) is 17.7 Å². The Morgan fingerprint density at radius 3 is 2.52 bits per heavy atom. The van der Waals surface area contributed by atoms with E-state index < -0.39 is 0 Å². The summed E-state index contributed by atoms with van der Waals surface area (Å²) in [6, 6.07) is 13.4. The molecule has 2 aromatic rings. The van der Waals surface area contributed by atoms with Crippen molar-refractivity contribution >= 4 is 5.78 Å². The van der Waals surface area contributed by atoms with Crippen molar-refractivity contribution in [1.82, 2.24) is 0 Å². The number of ketones is 1. The van der Waals surface area contributed by atoms with Crippen molar-refractivity contribution in [2.75, 3.05) is 7.11 Å². The second-order valence-electron chi connectivity index (χ2n) is 4.84. The first-order valence-electron chi connectivity index (χ1n) is 7.04. The standard InChI is InChI=1S/C18H20O3/c1-4-14-9-10-17(18(11-14)20-3)21-12-15-7-5-6-8-16(15)13(2)19/h5-11H,4,12H2,1-3H3. The van der Waals surface area contributed by atoms with E-state index >= 15 is 0 Å². The molecule has 0 heterocycles. The number of methoxy groups -OCH3 is 1. The summed E-state index contributed by atoms with van der Waals surface area (Å²) in [5, 5.41) is 0. The van der Waals surface area contributed by atoms with Gasteiger partial charge in [-0.2, -0.15) is 0 Å². The van der Waals surface area contributed by atoms with E-state index in [2.05, 4.69) is 6.92 Å². The summed E-state index contributed by atoms with van der Waals surface area (Å²) in [5.74, 6) is 1.45. The molecule has 2 aromatic carbocycles. The average molecular weight is 284 g/mol. The van der Waals surface area contributed by atoms with Gasteiger partial charge in [-0.3, -0.25) is 4.79 Å². The number of rotatable bonds is 6. The molecule has 0 saturated heterocycles. The van der Waals surface area contributed by atoms with Crippen molar-refractivity contribution in [2.45, 2.75) is 26.9 Å². The summed E-state index contributed by atoms with van der Waals surface area (Å²) in [7, 11) is 1.63. The number of hydrogen-bond acceptors (Lipinski definition) is 3. The molecule has 0 radical (unpaired) electrons. The number of Topliss-reactive ketones (excluding diaryl/α,β-unsaturated/α-hetero) is 1. The van der Waals surface area contributed by atoms with Crippen LogP contribution in [0.25, 0.3) is 0 Å². The van der Waals surface area contributed by atoms with Crippen LogP contribution in [0, 0.1) is 0 Å². The van der Waals surface area contributed by atoms with Crippen molar-refractivity contribution in [2.24, 2.45) is 0 Å². The molecule has 0 aromatic heterocycles. The summed E-state index contributed by atoms with van der Waals surface area (Å²) in [6.45, 7) is 4.01. The molecule has 0 spiro atoms. The molecule has 3 nitrogen and oxygen atoms in total. The molecule has 0 saturated carbocycles. The smallest absolute Gasteiger partial charge is 0.161 e. The van der Waals surface area contributed by atoms with Crippen LogP contribution in [-0.4, -0.2) is 12.9 Å². The minimum atomic E-state index is 0.0440. The van der Waals surface area contributed by atoms with Gasteiger partial charge in [-0.1, -0.05) is 37.3 Å². The largest absolute Gasteiger partial charge is 0.493 e. The zero-order valence-corrected chi connectivity index (χ0v) is 12.7. The molecule has 0 unspecified atom stereocenters. The molecule has 0 aliphatic heterocycles. The average Bonchev–Trinajstić information content (AvgIpc) is 2.52. The van der Waals surface area contributed by atoms with Gasteiger partial charge in [0, 0.05) is 11.1 Å². The van der Waals surface area contributed by atoms with E-state index in [-0.39, 0.29) is 5.78 Å². The van der Waals surface area contributed by atoms with Gasteiger partial charge in [0.15, 0.2) is 17.3 Å². The third-order valence-electron chi connectivity index (χ3n) is 3.42. The van der Waals surface area contributed by atoms with Crippen LogP contribution in [0.5, 0.6) is 11.5 Å². The Hall–Kier alpha value is -2.29. The number of hydrogen-bond donors (Lipinski definition) is 0. The topological polar surface area (TPSA) is 35.5 Å².